The molecule has 1 saturated carbocycles. The van der Waals surface area contributed by atoms with Crippen LogP contribution >= 0.6 is 0 Å². The lowest BCUT2D eigenvalue weighted by atomic mass is 10.3. The van der Waals surface area contributed by atoms with E-state index in [1.165, 1.54) is 4.90 Å². The largest absolute Gasteiger partial charge is 0.401 e. The van der Waals surface area contributed by atoms with Gasteiger partial charge in [-0.1, -0.05) is 5.16 Å². The fourth-order valence-electron chi connectivity index (χ4n) is 1.71. The number of hydrogen-bond donors (Lipinski definition) is 1. The summed E-state index contributed by atoms with van der Waals surface area (Å²) < 4.78 is 42.0. The van der Waals surface area contributed by atoms with Gasteiger partial charge in [-0.15, -0.1) is 0 Å². The summed E-state index contributed by atoms with van der Waals surface area (Å²) in [5.74, 6) is 0.432. The van der Waals surface area contributed by atoms with Crippen LogP contribution in [-0.4, -0.2) is 28.8 Å². The lowest BCUT2D eigenvalue weighted by Gasteiger charge is -2.21. The van der Waals surface area contributed by atoms with Gasteiger partial charge in [-0.05, 0) is 12.8 Å². The molecule has 1 heterocycles. The molecule has 1 aliphatic carbocycles. The maximum Gasteiger partial charge on any atom is 0.401 e. The van der Waals surface area contributed by atoms with E-state index < -0.39 is 12.7 Å². The van der Waals surface area contributed by atoms with Gasteiger partial charge in [0.1, 0.15) is 0 Å². The Kier molecular flexibility index (Phi) is 3.39. The maximum atomic E-state index is 12.4. The van der Waals surface area contributed by atoms with Gasteiger partial charge in [-0.2, -0.15) is 13.2 Å². The normalized spacial score (nSPS) is 16.8. The molecular weight excluding hydrogens is 235 g/mol. The molecule has 1 aromatic heterocycles. The predicted molar refractivity (Wildman–Crippen MR) is 53.9 cm³/mol. The van der Waals surface area contributed by atoms with Gasteiger partial charge in [-0.25, -0.2) is 0 Å². The second-order valence-corrected chi connectivity index (χ2v) is 4.24. The van der Waals surface area contributed by atoms with E-state index in [9.17, 15) is 13.2 Å². The highest BCUT2D eigenvalue weighted by Gasteiger charge is 2.38. The van der Waals surface area contributed by atoms with Gasteiger partial charge < -0.3 is 10.3 Å². The van der Waals surface area contributed by atoms with E-state index in [0.29, 0.717) is 11.5 Å². The summed E-state index contributed by atoms with van der Waals surface area (Å²) in [7, 11) is 0. The van der Waals surface area contributed by atoms with Crippen LogP contribution in [-0.2, 0) is 13.1 Å². The third-order valence-corrected chi connectivity index (χ3v) is 2.62. The first kappa shape index (κ1) is 12.4. The minimum Gasteiger partial charge on any atom is -0.360 e. The van der Waals surface area contributed by atoms with Gasteiger partial charge in [-0.3, -0.25) is 4.90 Å². The molecule has 2 N–H and O–H groups in total. The summed E-state index contributed by atoms with van der Waals surface area (Å²) in [6.07, 6.45) is -2.55. The summed E-state index contributed by atoms with van der Waals surface area (Å²) in [4.78, 5) is 1.38. The fraction of sp³-hybridized carbons (Fsp3) is 0.700. The molecular formula is C10H14F3N3O. The fourth-order valence-corrected chi connectivity index (χ4v) is 1.71. The van der Waals surface area contributed by atoms with E-state index in [1.807, 2.05) is 0 Å². The highest BCUT2D eigenvalue weighted by atomic mass is 19.4. The molecule has 1 aromatic rings. The Morgan fingerprint density at radius 1 is 1.47 bits per heavy atom. The molecule has 1 aliphatic rings. The van der Waals surface area contributed by atoms with Gasteiger partial charge in [0.15, 0.2) is 5.76 Å². The van der Waals surface area contributed by atoms with Crippen LogP contribution in [0.3, 0.4) is 0 Å². The van der Waals surface area contributed by atoms with Crippen LogP contribution in [0.25, 0.3) is 0 Å². The number of alkyl halides is 3. The molecule has 1 fully saturated rings. The Morgan fingerprint density at radius 3 is 2.65 bits per heavy atom. The number of nitrogens with two attached hydrogens (primary N) is 1. The first-order valence-electron chi connectivity index (χ1n) is 5.43. The van der Waals surface area contributed by atoms with Crippen LogP contribution in [0, 0.1) is 0 Å². The Hall–Kier alpha value is -1.08. The minimum atomic E-state index is -4.18. The van der Waals surface area contributed by atoms with Crippen LogP contribution < -0.4 is 5.73 Å². The summed E-state index contributed by atoms with van der Waals surface area (Å²) in [5.41, 5.74) is 5.91. The third kappa shape index (κ3) is 3.71. The lowest BCUT2D eigenvalue weighted by molar-refractivity contribution is -0.149. The van der Waals surface area contributed by atoms with E-state index in [4.69, 9.17) is 10.3 Å². The molecule has 0 aromatic carbocycles. The monoisotopic (exact) mass is 249 g/mol. The Labute approximate surface area is 96.5 Å². The van der Waals surface area contributed by atoms with Gasteiger partial charge in [0, 0.05) is 18.7 Å². The van der Waals surface area contributed by atoms with Crippen LogP contribution in [0.15, 0.2) is 10.6 Å². The van der Waals surface area contributed by atoms with E-state index in [0.717, 1.165) is 12.8 Å². The van der Waals surface area contributed by atoms with Crippen molar-refractivity contribution in [2.75, 3.05) is 6.54 Å². The highest BCUT2D eigenvalue weighted by molar-refractivity contribution is 5.05. The average molecular weight is 249 g/mol. The maximum absolute atomic E-state index is 12.4. The SMILES string of the molecule is NCc1cc(CN(CC(F)(F)F)C2CC2)on1. The molecule has 0 radical (unpaired) electrons. The van der Waals surface area contributed by atoms with Crippen LogP contribution in [0.4, 0.5) is 13.2 Å². The van der Waals surface area contributed by atoms with Crippen molar-refractivity contribution in [1.29, 1.82) is 0 Å². The van der Waals surface area contributed by atoms with Crippen molar-refractivity contribution in [3.05, 3.63) is 17.5 Å². The Bertz CT molecular complexity index is 373. The Balaban J connectivity index is 1.97. The highest BCUT2D eigenvalue weighted by Crippen LogP contribution is 2.31. The van der Waals surface area contributed by atoms with Crippen molar-refractivity contribution < 1.29 is 17.7 Å². The van der Waals surface area contributed by atoms with Gasteiger partial charge >= 0.3 is 6.18 Å². The standard InChI is InChI=1S/C10H14F3N3O/c11-10(12,13)6-16(8-1-2-8)5-9-3-7(4-14)15-17-9/h3,8H,1-2,4-6,14H2. The van der Waals surface area contributed by atoms with Crippen molar-refractivity contribution in [3.8, 4) is 0 Å². The average Bonchev–Trinajstić information content (AvgIpc) is 2.97. The van der Waals surface area contributed by atoms with Crippen molar-refractivity contribution in [2.45, 2.75) is 38.1 Å². The summed E-state index contributed by atoms with van der Waals surface area (Å²) in [6, 6.07) is 1.62. The molecule has 0 spiro atoms. The molecule has 17 heavy (non-hydrogen) atoms. The van der Waals surface area contributed by atoms with Crippen LogP contribution in [0.5, 0.6) is 0 Å². The van der Waals surface area contributed by atoms with Crippen LogP contribution in [0.2, 0.25) is 0 Å². The van der Waals surface area contributed by atoms with Gasteiger partial charge in [0.2, 0.25) is 0 Å². The first-order chi connectivity index (χ1) is 7.98. The van der Waals surface area contributed by atoms with Crippen molar-refractivity contribution >= 4 is 0 Å². The molecule has 0 atom stereocenters. The molecule has 0 unspecified atom stereocenters. The topological polar surface area (TPSA) is 55.3 Å². The second-order valence-electron chi connectivity index (χ2n) is 4.24. The number of nitrogens with zero attached hydrogens (tertiary/aromatic N) is 2. The van der Waals surface area contributed by atoms with Crippen molar-refractivity contribution in [1.82, 2.24) is 10.1 Å². The number of halogens is 3. The zero-order valence-corrected chi connectivity index (χ0v) is 9.20. The third-order valence-electron chi connectivity index (χ3n) is 2.62. The Morgan fingerprint density at radius 2 is 2.18 bits per heavy atom. The van der Waals surface area contributed by atoms with Gasteiger partial charge in [0.05, 0.1) is 18.8 Å². The van der Waals surface area contributed by atoms with Gasteiger partial charge in [0.25, 0.3) is 0 Å². The molecule has 2 rings (SSSR count). The minimum absolute atomic E-state index is 0.0167. The summed E-state index contributed by atoms with van der Waals surface area (Å²) in [6.45, 7) is -0.542. The number of aromatic nitrogens is 1. The molecule has 0 saturated heterocycles. The lowest BCUT2D eigenvalue weighted by Crippen LogP contribution is -2.35. The molecule has 0 bridgehead atoms. The molecule has 4 nitrogen and oxygen atoms in total. The predicted octanol–water partition coefficient (Wildman–Crippen LogP) is 1.66. The number of hydrogen-bond acceptors (Lipinski definition) is 4. The van der Waals surface area contributed by atoms with Crippen molar-refractivity contribution in [2.24, 2.45) is 5.73 Å². The van der Waals surface area contributed by atoms with E-state index in [2.05, 4.69) is 5.16 Å². The quantitative estimate of drug-likeness (QED) is 0.862. The molecule has 96 valence electrons. The summed E-state index contributed by atoms with van der Waals surface area (Å²) in [5, 5.41) is 3.66. The van der Waals surface area contributed by atoms with E-state index in [1.54, 1.807) is 6.07 Å². The second kappa shape index (κ2) is 4.66. The smallest absolute Gasteiger partial charge is 0.360 e. The molecule has 0 amide bonds. The van der Waals surface area contributed by atoms with Crippen molar-refractivity contribution in [3.63, 3.8) is 0 Å². The van der Waals surface area contributed by atoms with E-state index >= 15 is 0 Å². The molecule has 7 heteroatoms. The first-order valence-corrected chi connectivity index (χ1v) is 5.43. The zero-order valence-electron chi connectivity index (χ0n) is 9.20. The zero-order chi connectivity index (χ0) is 12.5. The van der Waals surface area contributed by atoms with E-state index in [-0.39, 0.29) is 19.1 Å². The summed E-state index contributed by atoms with van der Waals surface area (Å²) >= 11 is 0. The van der Waals surface area contributed by atoms with Crippen LogP contribution in [0.1, 0.15) is 24.3 Å². The number of rotatable bonds is 5. The molecule has 0 aliphatic heterocycles.